The third-order valence-corrected chi connectivity index (χ3v) is 5.05. The van der Waals surface area contributed by atoms with Gasteiger partial charge in [0.15, 0.2) is 0 Å². The van der Waals surface area contributed by atoms with Gasteiger partial charge in [0.25, 0.3) is 5.91 Å². The van der Waals surface area contributed by atoms with Crippen LogP contribution in [0.1, 0.15) is 24.4 Å². The van der Waals surface area contributed by atoms with Crippen molar-refractivity contribution in [1.29, 1.82) is 0 Å². The first-order chi connectivity index (χ1) is 11.7. The van der Waals surface area contributed by atoms with Crippen LogP contribution in [0.3, 0.4) is 0 Å². The summed E-state index contributed by atoms with van der Waals surface area (Å²) in [4.78, 5) is 14.7. The number of nitrogens with zero attached hydrogens (tertiary/aromatic N) is 2. The first-order valence-corrected chi connectivity index (χ1v) is 8.49. The van der Waals surface area contributed by atoms with Crippen LogP contribution in [0.15, 0.2) is 36.7 Å². The van der Waals surface area contributed by atoms with Crippen LogP contribution >= 0.6 is 0 Å². The quantitative estimate of drug-likeness (QED) is 0.911. The van der Waals surface area contributed by atoms with Crippen molar-refractivity contribution in [2.24, 2.45) is 5.92 Å². The summed E-state index contributed by atoms with van der Waals surface area (Å²) in [5, 5.41) is 1.94. The molecule has 0 aromatic heterocycles. The molecule has 6 heteroatoms. The Balaban J connectivity index is 1.45. The Morgan fingerprint density at radius 3 is 3.08 bits per heavy atom. The maximum atomic E-state index is 12.8. The van der Waals surface area contributed by atoms with E-state index >= 15 is 0 Å². The molecule has 1 amide bonds. The molecule has 3 atom stereocenters. The van der Waals surface area contributed by atoms with Crippen LogP contribution in [-0.2, 0) is 9.53 Å². The zero-order chi connectivity index (χ0) is 16.5. The van der Waals surface area contributed by atoms with Gasteiger partial charge < -0.3 is 19.4 Å². The van der Waals surface area contributed by atoms with Crippen LogP contribution in [0.5, 0.6) is 5.75 Å². The SMILES string of the molecule is COc1cccc(C2CC3C(=O)N(CC4CCOC4)C=CN3N2)c1. The fourth-order valence-corrected chi connectivity index (χ4v) is 3.67. The average Bonchev–Trinajstić information content (AvgIpc) is 3.27. The highest BCUT2D eigenvalue weighted by molar-refractivity contribution is 5.84. The van der Waals surface area contributed by atoms with Gasteiger partial charge in [0.1, 0.15) is 11.8 Å². The normalized spacial score (nSPS) is 29.2. The zero-order valence-corrected chi connectivity index (χ0v) is 13.9. The smallest absolute Gasteiger partial charge is 0.250 e. The number of carbonyl (C=O) groups excluding carboxylic acids is 1. The number of ether oxygens (including phenoxy) is 2. The number of fused-ring (bicyclic) bond motifs is 1. The second-order valence-electron chi connectivity index (χ2n) is 6.64. The molecule has 0 aliphatic carbocycles. The van der Waals surface area contributed by atoms with Crippen molar-refractivity contribution in [3.63, 3.8) is 0 Å². The lowest BCUT2D eigenvalue weighted by atomic mass is 10.00. The lowest BCUT2D eigenvalue weighted by Crippen LogP contribution is -2.49. The maximum Gasteiger partial charge on any atom is 0.250 e. The first kappa shape index (κ1) is 15.5. The van der Waals surface area contributed by atoms with Gasteiger partial charge in [-0.1, -0.05) is 12.1 Å². The van der Waals surface area contributed by atoms with E-state index in [1.54, 1.807) is 7.11 Å². The number of benzene rings is 1. The van der Waals surface area contributed by atoms with Crippen molar-refractivity contribution in [2.45, 2.75) is 24.9 Å². The predicted molar refractivity (Wildman–Crippen MR) is 88.9 cm³/mol. The average molecular weight is 329 g/mol. The fourth-order valence-electron chi connectivity index (χ4n) is 3.67. The summed E-state index contributed by atoms with van der Waals surface area (Å²) >= 11 is 0. The zero-order valence-electron chi connectivity index (χ0n) is 13.9. The largest absolute Gasteiger partial charge is 0.497 e. The molecule has 2 saturated heterocycles. The van der Waals surface area contributed by atoms with Crippen LogP contribution in [0.25, 0.3) is 0 Å². The first-order valence-electron chi connectivity index (χ1n) is 8.49. The molecular formula is C18H23N3O3. The van der Waals surface area contributed by atoms with E-state index in [2.05, 4.69) is 11.5 Å². The Labute approximate surface area is 142 Å². The highest BCUT2D eigenvalue weighted by Crippen LogP contribution is 2.32. The summed E-state index contributed by atoms with van der Waals surface area (Å²) < 4.78 is 10.7. The molecule has 0 saturated carbocycles. The molecule has 1 aromatic carbocycles. The second kappa shape index (κ2) is 6.45. The summed E-state index contributed by atoms with van der Waals surface area (Å²) in [5.74, 6) is 1.46. The number of methoxy groups -OCH3 is 1. The molecule has 1 N–H and O–H groups in total. The Bertz CT molecular complexity index is 642. The summed E-state index contributed by atoms with van der Waals surface area (Å²) in [5.41, 5.74) is 4.56. The Morgan fingerprint density at radius 1 is 1.38 bits per heavy atom. The number of nitrogens with one attached hydrogen (secondary N) is 1. The second-order valence-corrected chi connectivity index (χ2v) is 6.64. The van der Waals surface area contributed by atoms with Gasteiger partial charge in [0.05, 0.1) is 19.8 Å². The minimum atomic E-state index is -0.145. The fraction of sp³-hybridized carbons (Fsp3) is 0.500. The molecule has 3 aliphatic rings. The lowest BCUT2D eigenvalue weighted by molar-refractivity contribution is -0.135. The third kappa shape index (κ3) is 2.87. The topological polar surface area (TPSA) is 54.0 Å². The van der Waals surface area contributed by atoms with E-state index in [0.717, 1.165) is 43.9 Å². The molecule has 1 aromatic rings. The molecule has 3 aliphatic heterocycles. The van der Waals surface area contributed by atoms with Crippen LogP contribution in [-0.4, -0.2) is 48.7 Å². The van der Waals surface area contributed by atoms with Gasteiger partial charge >= 0.3 is 0 Å². The van der Waals surface area contributed by atoms with Gasteiger partial charge in [0, 0.05) is 31.5 Å². The van der Waals surface area contributed by atoms with Gasteiger partial charge in [-0.2, -0.15) is 0 Å². The summed E-state index contributed by atoms with van der Waals surface area (Å²) in [6.07, 6.45) is 5.66. The van der Waals surface area contributed by atoms with Crippen LogP contribution in [0.4, 0.5) is 0 Å². The number of rotatable bonds is 4. The van der Waals surface area contributed by atoms with E-state index in [1.807, 2.05) is 40.5 Å². The number of hydrogen-bond acceptors (Lipinski definition) is 5. The predicted octanol–water partition coefficient (Wildman–Crippen LogP) is 1.67. The van der Waals surface area contributed by atoms with Crippen LogP contribution in [0.2, 0.25) is 0 Å². The van der Waals surface area contributed by atoms with Crippen molar-refractivity contribution in [3.8, 4) is 5.75 Å². The van der Waals surface area contributed by atoms with Crippen molar-refractivity contribution >= 4 is 5.91 Å². The van der Waals surface area contributed by atoms with E-state index in [4.69, 9.17) is 9.47 Å². The van der Waals surface area contributed by atoms with E-state index in [0.29, 0.717) is 5.92 Å². The lowest BCUT2D eigenvalue weighted by Gasteiger charge is -2.32. The molecule has 6 nitrogen and oxygen atoms in total. The van der Waals surface area contributed by atoms with E-state index < -0.39 is 0 Å². The third-order valence-electron chi connectivity index (χ3n) is 5.05. The Kier molecular flexibility index (Phi) is 4.16. The molecule has 0 radical (unpaired) electrons. The van der Waals surface area contributed by atoms with Gasteiger partial charge in [0.2, 0.25) is 0 Å². The standard InChI is InChI=1S/C18H23N3O3/c1-23-15-4-2-3-14(9-15)16-10-17-18(22)20(6-7-21(17)19-16)11-13-5-8-24-12-13/h2-4,6-7,9,13,16-17,19H,5,8,10-12H2,1H3. The molecule has 4 rings (SSSR count). The number of carbonyl (C=O) groups is 1. The van der Waals surface area contributed by atoms with Gasteiger partial charge in [-0.25, -0.2) is 5.43 Å². The molecule has 3 unspecified atom stereocenters. The minimum absolute atomic E-state index is 0.119. The monoisotopic (exact) mass is 329 g/mol. The van der Waals surface area contributed by atoms with Crippen LogP contribution < -0.4 is 10.2 Å². The van der Waals surface area contributed by atoms with Gasteiger partial charge in [-0.05, 0) is 30.5 Å². The Hall–Kier alpha value is -2.05. The van der Waals surface area contributed by atoms with E-state index in [-0.39, 0.29) is 18.0 Å². The molecule has 128 valence electrons. The van der Waals surface area contributed by atoms with E-state index in [9.17, 15) is 4.79 Å². The number of hydrogen-bond donors (Lipinski definition) is 1. The number of hydrazine groups is 1. The Morgan fingerprint density at radius 2 is 2.29 bits per heavy atom. The number of amides is 1. The van der Waals surface area contributed by atoms with Gasteiger partial charge in [-0.3, -0.25) is 4.79 Å². The van der Waals surface area contributed by atoms with Crippen molar-refractivity contribution in [2.75, 3.05) is 26.9 Å². The summed E-state index contributed by atoms with van der Waals surface area (Å²) in [6.45, 7) is 2.33. The molecular weight excluding hydrogens is 306 g/mol. The molecule has 24 heavy (non-hydrogen) atoms. The van der Waals surface area contributed by atoms with E-state index in [1.165, 1.54) is 0 Å². The highest BCUT2D eigenvalue weighted by atomic mass is 16.5. The highest BCUT2D eigenvalue weighted by Gasteiger charge is 2.40. The molecule has 0 bridgehead atoms. The van der Waals surface area contributed by atoms with Crippen molar-refractivity contribution in [1.82, 2.24) is 15.3 Å². The van der Waals surface area contributed by atoms with Crippen molar-refractivity contribution < 1.29 is 14.3 Å². The maximum absolute atomic E-state index is 12.8. The summed E-state index contributed by atoms with van der Waals surface area (Å²) in [7, 11) is 1.67. The minimum Gasteiger partial charge on any atom is -0.497 e. The summed E-state index contributed by atoms with van der Waals surface area (Å²) in [6, 6.07) is 7.99. The molecule has 3 heterocycles. The van der Waals surface area contributed by atoms with Crippen molar-refractivity contribution in [3.05, 3.63) is 42.2 Å². The van der Waals surface area contributed by atoms with Gasteiger partial charge in [-0.15, -0.1) is 0 Å². The molecule has 2 fully saturated rings. The van der Waals surface area contributed by atoms with Crippen LogP contribution in [0, 0.1) is 5.92 Å². The molecule has 0 spiro atoms.